The Morgan fingerprint density at radius 1 is 1.25 bits per heavy atom. The number of aryl methyl sites for hydroxylation is 1. The predicted octanol–water partition coefficient (Wildman–Crippen LogP) is 3.10. The average molecular weight is 335 g/mol. The maximum absolute atomic E-state index is 12.1. The molecule has 0 radical (unpaired) electrons. The maximum atomic E-state index is 12.1. The molecule has 20 heavy (non-hydrogen) atoms. The molecule has 102 valence electrons. The first kappa shape index (κ1) is 14.2. The van der Waals surface area contributed by atoms with Gasteiger partial charge in [-0.05, 0) is 46.6 Å². The van der Waals surface area contributed by atoms with Gasteiger partial charge in [0.05, 0.1) is 11.3 Å². The molecule has 1 heterocycles. The second kappa shape index (κ2) is 5.83. The van der Waals surface area contributed by atoms with Gasteiger partial charge in [0, 0.05) is 10.7 Å². The summed E-state index contributed by atoms with van der Waals surface area (Å²) in [6.07, 6.45) is 1.50. The van der Waals surface area contributed by atoms with Gasteiger partial charge in [-0.25, -0.2) is 9.78 Å². The number of carbonyl (C=O) groups is 2. The summed E-state index contributed by atoms with van der Waals surface area (Å²) in [6, 6.07) is 8.05. The molecule has 2 N–H and O–H groups in total. The Bertz CT molecular complexity index is 669. The average Bonchev–Trinajstić information content (AvgIpc) is 2.41. The van der Waals surface area contributed by atoms with Crippen molar-refractivity contribution < 1.29 is 14.7 Å². The van der Waals surface area contributed by atoms with E-state index in [0.29, 0.717) is 5.56 Å². The second-order valence-electron chi connectivity index (χ2n) is 4.12. The molecule has 1 amide bonds. The van der Waals surface area contributed by atoms with E-state index in [-0.39, 0.29) is 16.9 Å². The minimum atomic E-state index is -1.09. The highest BCUT2D eigenvalue weighted by molar-refractivity contribution is 9.10. The molecule has 1 aromatic heterocycles. The second-order valence-corrected chi connectivity index (χ2v) is 5.03. The van der Waals surface area contributed by atoms with Crippen LogP contribution < -0.4 is 5.32 Å². The third-order valence-corrected chi connectivity index (χ3v) is 3.17. The van der Waals surface area contributed by atoms with Crippen molar-refractivity contribution in [3.8, 4) is 0 Å². The molecule has 0 saturated carbocycles. The van der Waals surface area contributed by atoms with Crippen LogP contribution in [0.25, 0.3) is 0 Å². The van der Waals surface area contributed by atoms with Crippen LogP contribution >= 0.6 is 15.9 Å². The van der Waals surface area contributed by atoms with Crippen molar-refractivity contribution in [3.05, 3.63) is 57.8 Å². The summed E-state index contributed by atoms with van der Waals surface area (Å²) in [4.78, 5) is 27.2. The summed E-state index contributed by atoms with van der Waals surface area (Å²) >= 11 is 3.23. The number of hydrogen-bond acceptors (Lipinski definition) is 3. The summed E-state index contributed by atoms with van der Waals surface area (Å²) in [7, 11) is 0. The van der Waals surface area contributed by atoms with Crippen LogP contribution in [0.5, 0.6) is 0 Å². The molecule has 0 fully saturated rings. The number of carbonyl (C=O) groups excluding carboxylic acids is 1. The zero-order chi connectivity index (χ0) is 14.7. The molecule has 0 aliphatic carbocycles. The normalized spacial score (nSPS) is 10.1. The lowest BCUT2D eigenvalue weighted by molar-refractivity contribution is 0.0698. The van der Waals surface area contributed by atoms with Crippen molar-refractivity contribution in [2.45, 2.75) is 6.92 Å². The lowest BCUT2D eigenvalue weighted by atomic mass is 10.1. The van der Waals surface area contributed by atoms with Crippen LogP contribution in [0.2, 0.25) is 0 Å². The van der Waals surface area contributed by atoms with E-state index in [0.717, 1.165) is 4.47 Å². The summed E-state index contributed by atoms with van der Waals surface area (Å²) in [5.41, 5.74) is 1.23. The van der Waals surface area contributed by atoms with Gasteiger partial charge < -0.3 is 10.4 Å². The van der Waals surface area contributed by atoms with E-state index in [1.54, 1.807) is 31.2 Å². The van der Waals surface area contributed by atoms with Crippen molar-refractivity contribution in [3.63, 3.8) is 0 Å². The van der Waals surface area contributed by atoms with E-state index >= 15 is 0 Å². The van der Waals surface area contributed by atoms with Crippen LogP contribution in [0.15, 0.2) is 41.0 Å². The number of halogens is 1. The number of amides is 1. The highest BCUT2D eigenvalue weighted by atomic mass is 79.9. The summed E-state index contributed by atoms with van der Waals surface area (Å²) in [5, 5.41) is 11.7. The Kier molecular flexibility index (Phi) is 4.14. The molecule has 0 aliphatic heterocycles. The number of nitrogens with zero attached hydrogens (tertiary/aromatic N) is 1. The molecule has 2 aromatic rings. The fourth-order valence-corrected chi connectivity index (χ4v) is 1.93. The predicted molar refractivity (Wildman–Crippen MR) is 78.0 cm³/mol. The molecule has 0 atom stereocenters. The van der Waals surface area contributed by atoms with Gasteiger partial charge in [-0.1, -0.05) is 12.1 Å². The summed E-state index contributed by atoms with van der Waals surface area (Å²) < 4.78 is 0.760. The van der Waals surface area contributed by atoms with Gasteiger partial charge in [0.25, 0.3) is 5.91 Å². The molecular weight excluding hydrogens is 324 g/mol. The summed E-state index contributed by atoms with van der Waals surface area (Å²) in [6.45, 7) is 1.73. The van der Waals surface area contributed by atoms with E-state index in [4.69, 9.17) is 5.11 Å². The van der Waals surface area contributed by atoms with E-state index in [2.05, 4.69) is 26.2 Å². The first-order valence-electron chi connectivity index (χ1n) is 5.75. The number of hydrogen-bond donors (Lipinski definition) is 2. The number of benzene rings is 1. The minimum absolute atomic E-state index is 0.0514. The van der Waals surface area contributed by atoms with Crippen molar-refractivity contribution in [1.29, 1.82) is 0 Å². The quantitative estimate of drug-likeness (QED) is 0.903. The number of para-hydroxylation sites is 1. The Morgan fingerprint density at radius 2 is 2.00 bits per heavy atom. The van der Waals surface area contributed by atoms with Crippen LogP contribution in [-0.2, 0) is 0 Å². The van der Waals surface area contributed by atoms with Crippen LogP contribution in [0.1, 0.15) is 26.4 Å². The molecule has 0 spiro atoms. The third kappa shape index (κ3) is 3.03. The fraction of sp³-hybridized carbons (Fsp3) is 0.0714. The lowest BCUT2D eigenvalue weighted by Gasteiger charge is -2.11. The number of aromatic nitrogens is 1. The number of nitrogens with one attached hydrogen (secondary N) is 1. The van der Waals surface area contributed by atoms with E-state index in [1.807, 2.05) is 0 Å². The Balaban J connectivity index is 2.32. The largest absolute Gasteiger partial charge is 0.478 e. The highest BCUT2D eigenvalue weighted by Gasteiger charge is 2.15. The van der Waals surface area contributed by atoms with Gasteiger partial charge >= 0.3 is 5.97 Å². The van der Waals surface area contributed by atoms with Gasteiger partial charge in [-0.2, -0.15) is 0 Å². The molecule has 5 nitrogen and oxygen atoms in total. The van der Waals surface area contributed by atoms with Gasteiger partial charge in [0.15, 0.2) is 0 Å². The molecule has 6 heteroatoms. The zero-order valence-corrected chi connectivity index (χ0v) is 12.1. The van der Waals surface area contributed by atoms with E-state index in [9.17, 15) is 9.59 Å². The third-order valence-electron chi connectivity index (χ3n) is 2.70. The number of pyridine rings is 1. The Hall–Kier alpha value is -2.21. The molecule has 0 aliphatic rings. The standard InChI is InChI=1S/C14H11BrN2O3/c1-8-3-2-4-10(14(19)20)12(8)17-13(18)11-6-5-9(15)7-16-11/h2-7H,1H3,(H,17,18)(H,19,20). The van der Waals surface area contributed by atoms with Crippen molar-refractivity contribution in [1.82, 2.24) is 4.98 Å². The monoisotopic (exact) mass is 334 g/mol. The Morgan fingerprint density at radius 3 is 2.60 bits per heavy atom. The van der Waals surface area contributed by atoms with Crippen LogP contribution in [0, 0.1) is 6.92 Å². The van der Waals surface area contributed by atoms with Crippen molar-refractivity contribution >= 4 is 33.5 Å². The van der Waals surface area contributed by atoms with Gasteiger partial charge in [-0.15, -0.1) is 0 Å². The number of rotatable bonds is 3. The van der Waals surface area contributed by atoms with Gasteiger partial charge in [0.1, 0.15) is 5.69 Å². The molecule has 0 bridgehead atoms. The zero-order valence-electron chi connectivity index (χ0n) is 10.6. The molecule has 2 rings (SSSR count). The summed E-state index contributed by atoms with van der Waals surface area (Å²) in [5.74, 6) is -1.54. The Labute approximate surface area is 123 Å². The van der Waals surface area contributed by atoms with E-state index < -0.39 is 11.9 Å². The topological polar surface area (TPSA) is 79.3 Å². The molecule has 1 aromatic carbocycles. The molecular formula is C14H11BrN2O3. The van der Waals surface area contributed by atoms with Gasteiger partial charge in [-0.3, -0.25) is 4.79 Å². The van der Waals surface area contributed by atoms with Crippen LogP contribution in [0.3, 0.4) is 0 Å². The maximum Gasteiger partial charge on any atom is 0.337 e. The van der Waals surface area contributed by atoms with Gasteiger partial charge in [0.2, 0.25) is 0 Å². The van der Waals surface area contributed by atoms with E-state index in [1.165, 1.54) is 12.3 Å². The number of aromatic carboxylic acids is 1. The van der Waals surface area contributed by atoms with Crippen LogP contribution in [-0.4, -0.2) is 22.0 Å². The fourth-order valence-electron chi connectivity index (χ4n) is 1.70. The smallest absolute Gasteiger partial charge is 0.337 e. The van der Waals surface area contributed by atoms with Crippen molar-refractivity contribution in [2.75, 3.05) is 5.32 Å². The van der Waals surface area contributed by atoms with Crippen molar-refractivity contribution in [2.24, 2.45) is 0 Å². The molecule has 0 unspecified atom stereocenters. The first-order valence-corrected chi connectivity index (χ1v) is 6.54. The number of carboxylic acid groups (broad SMARTS) is 1. The molecule has 0 saturated heterocycles. The number of anilines is 1. The first-order chi connectivity index (χ1) is 9.49. The lowest BCUT2D eigenvalue weighted by Crippen LogP contribution is -2.17. The van der Waals surface area contributed by atoms with Crippen LogP contribution in [0.4, 0.5) is 5.69 Å². The minimum Gasteiger partial charge on any atom is -0.478 e. The SMILES string of the molecule is Cc1cccc(C(=O)O)c1NC(=O)c1ccc(Br)cn1. The highest BCUT2D eigenvalue weighted by Crippen LogP contribution is 2.21. The number of carboxylic acids is 1.